The minimum absolute atomic E-state index is 1.25. The van der Waals surface area contributed by atoms with E-state index in [0.717, 1.165) is 0 Å². The second-order valence-electron chi connectivity index (χ2n) is 1.28. The van der Waals surface area contributed by atoms with Crippen molar-refractivity contribution in [3.05, 3.63) is 30.3 Å². The first-order chi connectivity index (χ1) is 3.39. The van der Waals surface area contributed by atoms with Gasteiger partial charge in [-0.3, -0.25) is 0 Å². The molecule has 0 bridgehead atoms. The normalized spacial score (nSPS) is 8.71. The quantitative estimate of drug-likeness (QED) is 0.517. The van der Waals surface area contributed by atoms with Gasteiger partial charge in [0.25, 0.3) is 0 Å². The fraction of sp³-hybridized carbons (Fsp3) is 0. The van der Waals surface area contributed by atoms with Crippen LogP contribution in [0.5, 0.6) is 0 Å². The first-order valence-corrected chi connectivity index (χ1v) is 2.96. The van der Waals surface area contributed by atoms with E-state index < -0.39 is 0 Å². The van der Waals surface area contributed by atoms with Crippen LogP contribution in [-0.4, -0.2) is 0 Å². The Morgan fingerprint density at radius 3 is 1.86 bits per heavy atom. The van der Waals surface area contributed by atoms with Crippen molar-refractivity contribution in [3.8, 4) is 0 Å². The Kier molecular flexibility index (Phi) is 1.59. The summed E-state index contributed by atoms with van der Waals surface area (Å²) < 4.78 is 1.25. The molecule has 0 fully saturated rings. The van der Waals surface area contributed by atoms with Gasteiger partial charge in [-0.1, -0.05) is 0 Å². The van der Waals surface area contributed by atoms with Crippen molar-refractivity contribution in [2.45, 2.75) is 0 Å². The van der Waals surface area contributed by atoms with E-state index >= 15 is 0 Å². The van der Waals surface area contributed by atoms with Crippen LogP contribution in [0, 0.1) is 0 Å². The van der Waals surface area contributed by atoms with E-state index in [1.54, 1.807) is 0 Å². The summed E-state index contributed by atoms with van der Waals surface area (Å²) in [5, 5.41) is 0. The predicted octanol–water partition coefficient (Wildman–Crippen LogP) is 0.859. The van der Waals surface area contributed by atoms with Gasteiger partial charge < -0.3 is 0 Å². The average Bonchev–Trinajstić information content (AvgIpc) is 1.69. The molecule has 0 aromatic heterocycles. The minimum atomic E-state index is 1.25. The molecule has 0 radical (unpaired) electrons. The third kappa shape index (κ3) is 1.40. The van der Waals surface area contributed by atoms with Crippen LogP contribution in [0.15, 0.2) is 30.3 Å². The standard InChI is InChI=1S/C6H5.Ru/c1-2-4-6-5-3-1;/h1-5H;. The fourth-order valence-electron chi connectivity index (χ4n) is 0.410. The number of rotatable bonds is 0. The van der Waals surface area contributed by atoms with E-state index in [1.807, 2.05) is 18.2 Å². The van der Waals surface area contributed by atoms with Crippen LogP contribution < -0.4 is 4.16 Å². The van der Waals surface area contributed by atoms with Crippen LogP contribution in [-0.2, 0) is 18.3 Å². The molecule has 0 atom stereocenters. The summed E-state index contributed by atoms with van der Waals surface area (Å²) in [6.07, 6.45) is 0. The van der Waals surface area contributed by atoms with E-state index in [-0.39, 0.29) is 0 Å². The number of hydrogen-bond donors (Lipinski definition) is 0. The maximum atomic E-state index is 2.54. The molecule has 1 aromatic rings. The Morgan fingerprint density at radius 2 is 1.57 bits per heavy atom. The van der Waals surface area contributed by atoms with Crippen LogP contribution in [0.2, 0.25) is 0 Å². The molecule has 0 N–H and O–H groups in total. The summed E-state index contributed by atoms with van der Waals surface area (Å²) in [5.41, 5.74) is 0. The molecule has 0 saturated heterocycles. The summed E-state index contributed by atoms with van der Waals surface area (Å²) in [6.45, 7) is 0. The van der Waals surface area contributed by atoms with Crippen LogP contribution in [0.1, 0.15) is 0 Å². The van der Waals surface area contributed by atoms with Gasteiger partial charge in [-0.05, 0) is 0 Å². The molecule has 0 heterocycles. The average molecular weight is 178 g/mol. The third-order valence-electron chi connectivity index (χ3n) is 0.725. The van der Waals surface area contributed by atoms with Crippen LogP contribution in [0.3, 0.4) is 0 Å². The second kappa shape index (κ2) is 2.23. The molecule has 37 valence electrons. The Bertz CT molecular complexity index is 134. The fourth-order valence-corrected chi connectivity index (χ4v) is 0.744. The van der Waals surface area contributed by atoms with Gasteiger partial charge in [0.05, 0.1) is 0 Å². The van der Waals surface area contributed by atoms with Crippen molar-refractivity contribution >= 4 is 4.16 Å². The first kappa shape index (κ1) is 4.99. The summed E-state index contributed by atoms with van der Waals surface area (Å²) in [7, 11) is 0. The number of hydrogen-bond acceptors (Lipinski definition) is 0. The van der Waals surface area contributed by atoms with Crippen LogP contribution in [0.4, 0.5) is 0 Å². The van der Waals surface area contributed by atoms with Gasteiger partial charge in [-0.25, -0.2) is 0 Å². The summed E-state index contributed by atoms with van der Waals surface area (Å²) >= 11 is 2.54. The predicted molar refractivity (Wildman–Crippen MR) is 26.1 cm³/mol. The number of benzene rings is 1. The molecule has 7 heavy (non-hydrogen) atoms. The molecule has 0 unspecified atom stereocenters. The molecule has 0 spiro atoms. The summed E-state index contributed by atoms with van der Waals surface area (Å²) in [6, 6.07) is 10.2. The van der Waals surface area contributed by atoms with E-state index in [2.05, 4.69) is 30.4 Å². The Labute approximate surface area is 53.2 Å². The SMILES string of the molecule is [Ru][c]1ccccc1. The van der Waals surface area contributed by atoms with E-state index in [0.29, 0.717) is 0 Å². The Morgan fingerprint density at radius 1 is 1.00 bits per heavy atom. The van der Waals surface area contributed by atoms with Crippen molar-refractivity contribution in [2.24, 2.45) is 0 Å². The Balaban J connectivity index is 3.02. The molecule has 1 aromatic carbocycles. The zero-order chi connectivity index (χ0) is 5.11. The molecular formula is C6H5Ru. The zero-order valence-electron chi connectivity index (χ0n) is 3.74. The first-order valence-electron chi connectivity index (χ1n) is 2.09. The van der Waals surface area contributed by atoms with Gasteiger partial charge in [-0.2, -0.15) is 0 Å². The molecule has 0 amide bonds. The summed E-state index contributed by atoms with van der Waals surface area (Å²) in [4.78, 5) is 0. The molecule has 0 aliphatic rings. The van der Waals surface area contributed by atoms with Gasteiger partial charge in [0.1, 0.15) is 0 Å². The molecule has 0 aliphatic carbocycles. The molecule has 1 heteroatoms. The zero-order valence-corrected chi connectivity index (χ0v) is 5.48. The second-order valence-corrected chi connectivity index (χ2v) is 2.28. The van der Waals surface area contributed by atoms with Crippen molar-refractivity contribution < 1.29 is 18.3 Å². The monoisotopic (exact) mass is 179 g/mol. The van der Waals surface area contributed by atoms with Gasteiger partial charge in [0.15, 0.2) is 0 Å². The molecule has 0 aliphatic heterocycles. The van der Waals surface area contributed by atoms with Crippen LogP contribution >= 0.6 is 0 Å². The molecule has 0 nitrogen and oxygen atoms in total. The van der Waals surface area contributed by atoms with Crippen molar-refractivity contribution in [2.75, 3.05) is 0 Å². The molecular weight excluding hydrogens is 173 g/mol. The van der Waals surface area contributed by atoms with Crippen molar-refractivity contribution in [1.82, 2.24) is 0 Å². The van der Waals surface area contributed by atoms with E-state index in [1.165, 1.54) is 4.16 Å². The van der Waals surface area contributed by atoms with E-state index in [9.17, 15) is 0 Å². The maximum absolute atomic E-state index is 2.54. The van der Waals surface area contributed by atoms with Gasteiger partial charge in [-0.15, -0.1) is 0 Å². The van der Waals surface area contributed by atoms with E-state index in [4.69, 9.17) is 0 Å². The molecule has 0 saturated carbocycles. The van der Waals surface area contributed by atoms with Crippen LogP contribution in [0.25, 0.3) is 0 Å². The van der Waals surface area contributed by atoms with Gasteiger partial charge in [0.2, 0.25) is 0 Å². The topological polar surface area (TPSA) is 0 Å². The molecule has 1 rings (SSSR count). The van der Waals surface area contributed by atoms with Gasteiger partial charge >= 0.3 is 52.8 Å². The van der Waals surface area contributed by atoms with Gasteiger partial charge in [0, 0.05) is 0 Å². The summed E-state index contributed by atoms with van der Waals surface area (Å²) in [5.74, 6) is 0. The van der Waals surface area contributed by atoms with Crippen molar-refractivity contribution in [3.63, 3.8) is 0 Å². The Hall–Kier alpha value is -0.157. The van der Waals surface area contributed by atoms with Crippen molar-refractivity contribution in [1.29, 1.82) is 0 Å². The third-order valence-corrected chi connectivity index (χ3v) is 1.30.